The Balaban J connectivity index is 2.51. The standard InChI is InChI=1S/C5H9N3O2/c1-6-3-2-7-5(10)8-4(3)9/h3,6H,2H2,1H3,(H2,7,8,9,10). The molecule has 10 heavy (non-hydrogen) atoms. The summed E-state index contributed by atoms with van der Waals surface area (Å²) in [5.41, 5.74) is 0. The van der Waals surface area contributed by atoms with Crippen molar-refractivity contribution in [1.29, 1.82) is 0 Å². The SMILES string of the molecule is CNC1CNC(=O)NC1=O. The minimum atomic E-state index is -0.420. The first-order chi connectivity index (χ1) is 4.74. The van der Waals surface area contributed by atoms with E-state index in [1.165, 1.54) is 0 Å². The molecule has 3 N–H and O–H groups in total. The number of rotatable bonds is 1. The third-order valence-corrected chi connectivity index (χ3v) is 1.37. The van der Waals surface area contributed by atoms with Crippen LogP contribution in [0.4, 0.5) is 4.79 Å². The number of amides is 3. The van der Waals surface area contributed by atoms with E-state index in [9.17, 15) is 9.59 Å². The Morgan fingerprint density at radius 1 is 1.60 bits per heavy atom. The third-order valence-electron chi connectivity index (χ3n) is 1.37. The highest BCUT2D eigenvalue weighted by Crippen LogP contribution is 1.86. The molecule has 0 bridgehead atoms. The van der Waals surface area contributed by atoms with E-state index < -0.39 is 6.03 Å². The molecular weight excluding hydrogens is 134 g/mol. The van der Waals surface area contributed by atoms with E-state index in [1.54, 1.807) is 7.05 Å². The first kappa shape index (κ1) is 7.01. The average Bonchev–Trinajstić information content (AvgIpc) is 1.88. The largest absolute Gasteiger partial charge is 0.336 e. The minimum Gasteiger partial charge on any atom is -0.336 e. The molecule has 0 aromatic carbocycles. The minimum absolute atomic E-state index is 0.272. The van der Waals surface area contributed by atoms with Crippen LogP contribution >= 0.6 is 0 Å². The molecule has 0 saturated carbocycles. The molecule has 1 aliphatic heterocycles. The zero-order chi connectivity index (χ0) is 7.56. The van der Waals surface area contributed by atoms with Crippen LogP contribution in [0.5, 0.6) is 0 Å². The van der Waals surface area contributed by atoms with Gasteiger partial charge in [0, 0.05) is 6.54 Å². The number of imide groups is 1. The van der Waals surface area contributed by atoms with Gasteiger partial charge in [0.15, 0.2) is 0 Å². The van der Waals surface area contributed by atoms with Gasteiger partial charge in [-0.3, -0.25) is 10.1 Å². The normalized spacial score (nSPS) is 25.5. The topological polar surface area (TPSA) is 70.2 Å². The number of carbonyl (C=O) groups is 2. The van der Waals surface area contributed by atoms with Crippen LogP contribution in [0, 0.1) is 0 Å². The lowest BCUT2D eigenvalue weighted by molar-refractivity contribution is -0.122. The molecule has 0 radical (unpaired) electrons. The van der Waals surface area contributed by atoms with E-state index in [2.05, 4.69) is 16.0 Å². The lowest BCUT2D eigenvalue weighted by Gasteiger charge is -2.20. The molecule has 5 heteroatoms. The van der Waals surface area contributed by atoms with Gasteiger partial charge in [-0.25, -0.2) is 4.79 Å². The quantitative estimate of drug-likeness (QED) is 0.414. The van der Waals surface area contributed by atoms with Gasteiger partial charge >= 0.3 is 6.03 Å². The number of nitrogens with one attached hydrogen (secondary N) is 3. The second-order valence-electron chi connectivity index (χ2n) is 2.04. The summed E-state index contributed by atoms with van der Waals surface area (Å²) in [6.45, 7) is 0.362. The van der Waals surface area contributed by atoms with E-state index in [0.29, 0.717) is 6.54 Å². The van der Waals surface area contributed by atoms with E-state index in [4.69, 9.17) is 0 Å². The molecule has 0 aliphatic carbocycles. The molecule has 1 rings (SSSR count). The third kappa shape index (κ3) is 1.24. The van der Waals surface area contributed by atoms with Crippen molar-refractivity contribution in [1.82, 2.24) is 16.0 Å². The van der Waals surface area contributed by atoms with Crippen LogP contribution < -0.4 is 16.0 Å². The van der Waals surface area contributed by atoms with E-state index in [1.807, 2.05) is 0 Å². The van der Waals surface area contributed by atoms with Gasteiger partial charge in [0.05, 0.1) is 0 Å². The fraction of sp³-hybridized carbons (Fsp3) is 0.600. The summed E-state index contributed by atoms with van der Waals surface area (Å²) in [5, 5.41) is 7.36. The van der Waals surface area contributed by atoms with Crippen LogP contribution in [-0.4, -0.2) is 31.6 Å². The molecule has 0 aromatic rings. The number of carbonyl (C=O) groups excluding carboxylic acids is 2. The molecule has 1 atom stereocenters. The molecule has 1 heterocycles. The highest BCUT2D eigenvalue weighted by atomic mass is 16.2. The van der Waals surface area contributed by atoms with Crippen molar-refractivity contribution in [2.75, 3.05) is 13.6 Å². The molecular formula is C5H9N3O2. The molecule has 1 unspecified atom stereocenters. The van der Waals surface area contributed by atoms with Gasteiger partial charge in [0.1, 0.15) is 6.04 Å². The summed E-state index contributed by atoms with van der Waals surface area (Å²) in [6.07, 6.45) is 0. The van der Waals surface area contributed by atoms with Crippen LogP contribution in [0.3, 0.4) is 0 Å². The van der Waals surface area contributed by atoms with Gasteiger partial charge in [-0.2, -0.15) is 0 Å². The Morgan fingerprint density at radius 3 is 2.80 bits per heavy atom. The van der Waals surface area contributed by atoms with E-state index in [-0.39, 0.29) is 11.9 Å². The number of hydrogen-bond donors (Lipinski definition) is 3. The number of likely N-dealkylation sites (N-methyl/N-ethyl adjacent to an activating group) is 1. The molecule has 0 spiro atoms. The fourth-order valence-corrected chi connectivity index (χ4v) is 0.764. The molecule has 3 amide bonds. The summed E-state index contributed by atoms with van der Waals surface area (Å²) in [5.74, 6) is -0.272. The molecule has 1 fully saturated rings. The van der Waals surface area contributed by atoms with Gasteiger partial charge in [0.2, 0.25) is 5.91 Å². The van der Waals surface area contributed by atoms with Gasteiger partial charge < -0.3 is 10.6 Å². The van der Waals surface area contributed by atoms with Crippen LogP contribution in [0.1, 0.15) is 0 Å². The van der Waals surface area contributed by atoms with Crippen LogP contribution in [-0.2, 0) is 4.79 Å². The van der Waals surface area contributed by atoms with Crippen molar-refractivity contribution in [2.24, 2.45) is 0 Å². The van der Waals surface area contributed by atoms with Gasteiger partial charge in [-0.1, -0.05) is 0 Å². The summed E-state index contributed by atoms with van der Waals surface area (Å²) in [6, 6.07) is -0.714. The second kappa shape index (κ2) is 2.66. The monoisotopic (exact) mass is 143 g/mol. The maximum absolute atomic E-state index is 10.8. The molecule has 1 aliphatic rings. The van der Waals surface area contributed by atoms with Crippen molar-refractivity contribution < 1.29 is 9.59 Å². The molecule has 5 nitrogen and oxygen atoms in total. The predicted molar refractivity (Wildman–Crippen MR) is 34.4 cm³/mol. The van der Waals surface area contributed by atoms with Crippen molar-refractivity contribution in [2.45, 2.75) is 6.04 Å². The summed E-state index contributed by atoms with van der Waals surface area (Å²) >= 11 is 0. The van der Waals surface area contributed by atoms with Crippen molar-refractivity contribution in [3.8, 4) is 0 Å². The van der Waals surface area contributed by atoms with Gasteiger partial charge in [0.25, 0.3) is 0 Å². The van der Waals surface area contributed by atoms with Crippen molar-refractivity contribution in [3.05, 3.63) is 0 Å². The predicted octanol–water partition coefficient (Wildman–Crippen LogP) is -1.59. The summed E-state index contributed by atoms with van der Waals surface area (Å²) in [7, 11) is 1.67. The Morgan fingerprint density at radius 2 is 2.30 bits per heavy atom. The highest BCUT2D eigenvalue weighted by molar-refractivity contribution is 5.99. The van der Waals surface area contributed by atoms with E-state index >= 15 is 0 Å². The van der Waals surface area contributed by atoms with Crippen molar-refractivity contribution >= 4 is 11.9 Å². The first-order valence-corrected chi connectivity index (χ1v) is 3.00. The summed E-state index contributed by atoms with van der Waals surface area (Å²) < 4.78 is 0. The Kier molecular flexibility index (Phi) is 1.86. The fourth-order valence-electron chi connectivity index (χ4n) is 0.764. The summed E-state index contributed by atoms with van der Waals surface area (Å²) in [4.78, 5) is 21.3. The Hall–Kier alpha value is -1.10. The maximum Gasteiger partial charge on any atom is 0.321 e. The van der Waals surface area contributed by atoms with Crippen LogP contribution in [0.15, 0.2) is 0 Å². The lowest BCUT2D eigenvalue weighted by atomic mass is 10.2. The van der Waals surface area contributed by atoms with Crippen LogP contribution in [0.25, 0.3) is 0 Å². The zero-order valence-corrected chi connectivity index (χ0v) is 5.60. The number of hydrogen-bond acceptors (Lipinski definition) is 3. The first-order valence-electron chi connectivity index (χ1n) is 3.00. The smallest absolute Gasteiger partial charge is 0.321 e. The van der Waals surface area contributed by atoms with Gasteiger partial charge in [-0.05, 0) is 7.05 Å². The molecule has 1 saturated heterocycles. The second-order valence-corrected chi connectivity index (χ2v) is 2.04. The lowest BCUT2D eigenvalue weighted by Crippen LogP contribution is -2.59. The number of urea groups is 1. The zero-order valence-electron chi connectivity index (χ0n) is 5.60. The molecule has 56 valence electrons. The average molecular weight is 143 g/mol. The highest BCUT2D eigenvalue weighted by Gasteiger charge is 2.23. The van der Waals surface area contributed by atoms with E-state index in [0.717, 1.165) is 0 Å². The Labute approximate surface area is 58.2 Å². The maximum atomic E-state index is 10.8. The van der Waals surface area contributed by atoms with Crippen LogP contribution in [0.2, 0.25) is 0 Å². The molecule has 0 aromatic heterocycles. The van der Waals surface area contributed by atoms with Gasteiger partial charge in [-0.15, -0.1) is 0 Å². The van der Waals surface area contributed by atoms with Crippen molar-refractivity contribution in [3.63, 3.8) is 0 Å². The Bertz CT molecular complexity index is 168.